The molecule has 2 rings (SSSR count). The fraction of sp³-hybridized carbons (Fsp3) is 0.444. The van der Waals surface area contributed by atoms with E-state index < -0.39 is 0 Å². The summed E-state index contributed by atoms with van der Waals surface area (Å²) >= 11 is 0. The Balaban J connectivity index is 1.88. The molecule has 64 valence electrons. The lowest BCUT2D eigenvalue weighted by molar-refractivity contribution is 0.205. The first-order valence-corrected chi connectivity index (χ1v) is 4.20. The largest absolute Gasteiger partial charge is 0.380 e. The molecule has 0 radical (unpaired) electrons. The highest BCUT2D eigenvalue weighted by Gasteiger charge is 2.22. The number of likely N-dealkylation sites (N-methyl/N-ethyl adjacent to an activating group) is 1. The first-order valence-electron chi connectivity index (χ1n) is 4.20. The molecule has 0 amide bonds. The maximum Gasteiger partial charge on any atom is 0.0515 e. The molecule has 0 unspecified atom stereocenters. The number of nitrogens with one attached hydrogen (secondary N) is 1. The van der Waals surface area contributed by atoms with Crippen molar-refractivity contribution in [3.05, 3.63) is 24.5 Å². The SMILES string of the molecule is CN1CC(Nc2ccncc2)C1. The van der Waals surface area contributed by atoms with Crippen LogP contribution in [0.15, 0.2) is 24.5 Å². The van der Waals surface area contributed by atoms with Crippen molar-refractivity contribution >= 4 is 5.69 Å². The average molecular weight is 163 g/mol. The molecule has 0 aliphatic carbocycles. The van der Waals surface area contributed by atoms with E-state index in [0.29, 0.717) is 6.04 Å². The van der Waals surface area contributed by atoms with E-state index >= 15 is 0 Å². The lowest BCUT2D eigenvalue weighted by Crippen LogP contribution is -2.52. The van der Waals surface area contributed by atoms with E-state index in [-0.39, 0.29) is 0 Å². The molecule has 3 heteroatoms. The fourth-order valence-corrected chi connectivity index (χ4v) is 1.47. The van der Waals surface area contributed by atoms with Crippen LogP contribution in [0.3, 0.4) is 0 Å². The van der Waals surface area contributed by atoms with Crippen LogP contribution >= 0.6 is 0 Å². The van der Waals surface area contributed by atoms with Crippen molar-refractivity contribution in [1.29, 1.82) is 0 Å². The van der Waals surface area contributed by atoms with Gasteiger partial charge in [0.05, 0.1) is 6.04 Å². The zero-order chi connectivity index (χ0) is 8.39. The van der Waals surface area contributed by atoms with Crippen LogP contribution in [0.2, 0.25) is 0 Å². The number of nitrogens with zero attached hydrogens (tertiary/aromatic N) is 2. The molecule has 12 heavy (non-hydrogen) atoms. The Morgan fingerprint density at radius 3 is 2.67 bits per heavy atom. The zero-order valence-corrected chi connectivity index (χ0v) is 7.20. The number of anilines is 1. The summed E-state index contributed by atoms with van der Waals surface area (Å²) in [5.74, 6) is 0. The van der Waals surface area contributed by atoms with Crippen molar-refractivity contribution in [2.24, 2.45) is 0 Å². The number of likely N-dealkylation sites (tertiary alicyclic amines) is 1. The molecular formula is C9H13N3. The highest BCUT2D eigenvalue weighted by atomic mass is 15.2. The Morgan fingerprint density at radius 2 is 2.08 bits per heavy atom. The monoisotopic (exact) mass is 163 g/mol. The minimum atomic E-state index is 0.623. The van der Waals surface area contributed by atoms with E-state index in [0.717, 1.165) is 13.1 Å². The molecule has 3 nitrogen and oxygen atoms in total. The summed E-state index contributed by atoms with van der Waals surface area (Å²) in [5, 5.41) is 3.43. The molecule has 1 fully saturated rings. The molecule has 1 saturated heterocycles. The minimum Gasteiger partial charge on any atom is -0.380 e. The van der Waals surface area contributed by atoms with Crippen molar-refractivity contribution in [1.82, 2.24) is 9.88 Å². The number of aromatic nitrogens is 1. The van der Waals surface area contributed by atoms with Gasteiger partial charge in [0.15, 0.2) is 0 Å². The normalized spacial score (nSPS) is 18.8. The standard InChI is InChI=1S/C9H13N3/c1-12-6-9(7-12)11-8-2-4-10-5-3-8/h2-5,9H,6-7H2,1H3,(H,10,11). The van der Waals surface area contributed by atoms with Gasteiger partial charge in [-0.25, -0.2) is 0 Å². The van der Waals surface area contributed by atoms with Crippen LogP contribution in [0, 0.1) is 0 Å². The van der Waals surface area contributed by atoms with Crippen molar-refractivity contribution in [2.75, 3.05) is 25.5 Å². The van der Waals surface area contributed by atoms with E-state index in [1.165, 1.54) is 5.69 Å². The van der Waals surface area contributed by atoms with Gasteiger partial charge in [-0.3, -0.25) is 4.98 Å². The van der Waals surface area contributed by atoms with E-state index in [2.05, 4.69) is 22.2 Å². The minimum absolute atomic E-state index is 0.623. The second-order valence-corrected chi connectivity index (χ2v) is 3.30. The van der Waals surface area contributed by atoms with Gasteiger partial charge in [-0.05, 0) is 19.2 Å². The molecule has 1 aromatic rings. The molecule has 1 N–H and O–H groups in total. The first-order chi connectivity index (χ1) is 5.84. The molecule has 2 heterocycles. The quantitative estimate of drug-likeness (QED) is 0.699. The van der Waals surface area contributed by atoms with Crippen LogP contribution in [-0.4, -0.2) is 36.1 Å². The van der Waals surface area contributed by atoms with Crippen LogP contribution in [0.5, 0.6) is 0 Å². The summed E-state index contributed by atoms with van der Waals surface area (Å²) in [6.07, 6.45) is 3.62. The Bertz CT molecular complexity index is 241. The summed E-state index contributed by atoms with van der Waals surface area (Å²) in [7, 11) is 2.13. The third-order valence-corrected chi connectivity index (χ3v) is 2.12. The van der Waals surface area contributed by atoms with E-state index in [4.69, 9.17) is 0 Å². The second kappa shape index (κ2) is 3.11. The van der Waals surface area contributed by atoms with Crippen molar-refractivity contribution < 1.29 is 0 Å². The lowest BCUT2D eigenvalue weighted by atomic mass is 10.1. The highest BCUT2D eigenvalue weighted by molar-refractivity contribution is 5.42. The molecule has 1 aliphatic rings. The number of hydrogen-bond donors (Lipinski definition) is 1. The molecule has 0 saturated carbocycles. The molecule has 0 aromatic carbocycles. The van der Waals surface area contributed by atoms with Crippen molar-refractivity contribution in [2.45, 2.75) is 6.04 Å². The van der Waals surface area contributed by atoms with Crippen molar-refractivity contribution in [3.8, 4) is 0 Å². The Hall–Kier alpha value is -1.09. The Morgan fingerprint density at radius 1 is 1.42 bits per heavy atom. The van der Waals surface area contributed by atoms with Crippen LogP contribution in [0.4, 0.5) is 5.69 Å². The first kappa shape index (κ1) is 7.55. The van der Waals surface area contributed by atoms with Gasteiger partial charge in [-0.1, -0.05) is 0 Å². The van der Waals surface area contributed by atoms with E-state index in [1.807, 2.05) is 24.5 Å². The maximum absolute atomic E-state index is 3.96. The van der Waals surface area contributed by atoms with E-state index in [9.17, 15) is 0 Å². The molecule has 1 aromatic heterocycles. The van der Waals surface area contributed by atoms with Crippen LogP contribution in [0.25, 0.3) is 0 Å². The molecule has 0 bridgehead atoms. The Kier molecular flexibility index (Phi) is 1.96. The number of pyridine rings is 1. The van der Waals surface area contributed by atoms with Gasteiger partial charge in [-0.2, -0.15) is 0 Å². The summed E-state index contributed by atoms with van der Waals surface area (Å²) in [4.78, 5) is 6.25. The molecular weight excluding hydrogens is 150 g/mol. The number of rotatable bonds is 2. The maximum atomic E-state index is 3.96. The van der Waals surface area contributed by atoms with E-state index in [1.54, 1.807) is 0 Å². The van der Waals surface area contributed by atoms with Gasteiger partial charge >= 0.3 is 0 Å². The Labute approximate surface area is 72.4 Å². The predicted molar refractivity (Wildman–Crippen MR) is 49.1 cm³/mol. The summed E-state index contributed by atoms with van der Waals surface area (Å²) < 4.78 is 0. The average Bonchev–Trinajstić information content (AvgIpc) is 2.04. The van der Waals surface area contributed by atoms with Crippen LogP contribution in [0.1, 0.15) is 0 Å². The third-order valence-electron chi connectivity index (χ3n) is 2.12. The predicted octanol–water partition coefficient (Wildman–Crippen LogP) is 0.807. The summed E-state index contributed by atoms with van der Waals surface area (Å²) in [5.41, 5.74) is 1.17. The summed E-state index contributed by atoms with van der Waals surface area (Å²) in [6.45, 7) is 2.28. The zero-order valence-electron chi connectivity index (χ0n) is 7.20. The van der Waals surface area contributed by atoms with Gasteiger partial charge in [0.2, 0.25) is 0 Å². The van der Waals surface area contributed by atoms with Gasteiger partial charge in [0, 0.05) is 31.2 Å². The smallest absolute Gasteiger partial charge is 0.0515 e. The second-order valence-electron chi connectivity index (χ2n) is 3.30. The summed E-state index contributed by atoms with van der Waals surface area (Å²) in [6, 6.07) is 4.62. The van der Waals surface area contributed by atoms with Crippen LogP contribution in [-0.2, 0) is 0 Å². The third kappa shape index (κ3) is 1.56. The van der Waals surface area contributed by atoms with Gasteiger partial charge in [0.25, 0.3) is 0 Å². The number of hydrogen-bond acceptors (Lipinski definition) is 3. The van der Waals surface area contributed by atoms with Crippen molar-refractivity contribution in [3.63, 3.8) is 0 Å². The van der Waals surface area contributed by atoms with Crippen LogP contribution < -0.4 is 5.32 Å². The molecule has 0 atom stereocenters. The fourth-order valence-electron chi connectivity index (χ4n) is 1.47. The molecule has 0 spiro atoms. The van der Waals surface area contributed by atoms with Gasteiger partial charge < -0.3 is 10.2 Å². The topological polar surface area (TPSA) is 28.2 Å². The lowest BCUT2D eigenvalue weighted by Gasteiger charge is -2.37. The van der Waals surface area contributed by atoms with Gasteiger partial charge in [-0.15, -0.1) is 0 Å². The molecule has 1 aliphatic heterocycles. The highest BCUT2D eigenvalue weighted by Crippen LogP contribution is 2.11. The van der Waals surface area contributed by atoms with Gasteiger partial charge in [0.1, 0.15) is 0 Å².